The number of oxime groups is 1. The highest BCUT2D eigenvalue weighted by molar-refractivity contribution is 5.82. The lowest BCUT2D eigenvalue weighted by molar-refractivity contribution is -0.0447. The van der Waals surface area contributed by atoms with E-state index in [1.807, 2.05) is 34.2 Å². The zero-order valence-electron chi connectivity index (χ0n) is 25.6. The summed E-state index contributed by atoms with van der Waals surface area (Å²) in [4.78, 5) is 24.4. The highest BCUT2D eigenvalue weighted by Gasteiger charge is 2.29. The number of nitrogens with zero attached hydrogens (tertiary/aromatic N) is 8. The van der Waals surface area contributed by atoms with Gasteiger partial charge in [-0.2, -0.15) is 10.1 Å². The first-order chi connectivity index (χ1) is 22.1. The van der Waals surface area contributed by atoms with Crippen LogP contribution in [-0.4, -0.2) is 64.3 Å². The summed E-state index contributed by atoms with van der Waals surface area (Å²) >= 11 is 0. The first kappa shape index (κ1) is 29.0. The van der Waals surface area contributed by atoms with Gasteiger partial charge < -0.3 is 9.57 Å². The molecule has 45 heavy (non-hydrogen) atoms. The van der Waals surface area contributed by atoms with E-state index in [0.717, 1.165) is 84.2 Å². The van der Waals surface area contributed by atoms with E-state index in [9.17, 15) is 4.79 Å². The van der Waals surface area contributed by atoms with E-state index in [0.29, 0.717) is 24.6 Å². The molecule has 1 unspecified atom stereocenters. The Morgan fingerprint density at radius 2 is 1.84 bits per heavy atom. The number of aromatic nitrogens is 8. The van der Waals surface area contributed by atoms with Gasteiger partial charge in [0.2, 0.25) is 5.78 Å². The van der Waals surface area contributed by atoms with Crippen LogP contribution in [0.2, 0.25) is 0 Å². The topological polar surface area (TPSA) is 137 Å². The van der Waals surface area contributed by atoms with Gasteiger partial charge in [-0.15, -0.1) is 5.10 Å². The van der Waals surface area contributed by atoms with Crippen molar-refractivity contribution >= 4 is 11.5 Å². The Hall–Kier alpha value is -4.71. The summed E-state index contributed by atoms with van der Waals surface area (Å²) in [6.07, 6.45) is 8.13. The summed E-state index contributed by atoms with van der Waals surface area (Å²) < 4.78 is 9.98. The number of H-pyrrole nitrogens is 1. The Balaban J connectivity index is 1.14. The van der Waals surface area contributed by atoms with Crippen LogP contribution in [0, 0.1) is 0 Å². The molecule has 1 N–H and O–H groups in total. The second-order valence-electron chi connectivity index (χ2n) is 12.0. The average Bonchev–Trinajstić information content (AvgIpc) is 3.86. The van der Waals surface area contributed by atoms with Gasteiger partial charge >= 0.3 is 0 Å². The van der Waals surface area contributed by atoms with E-state index >= 15 is 0 Å². The van der Waals surface area contributed by atoms with Crippen LogP contribution in [0.1, 0.15) is 75.2 Å². The minimum Gasteiger partial charge on any atom is -0.390 e. The van der Waals surface area contributed by atoms with Gasteiger partial charge in [0.1, 0.15) is 6.33 Å². The maximum absolute atomic E-state index is 14.4. The SMILES string of the molecule is CCCc1c(Cc2ccc(-c3ccccc3-c3nnn[nH]3)cc2)c(=O)n(C2CCC(OCC3CC(C)=NO3)CC2)c2ncnn12. The predicted molar refractivity (Wildman–Crippen MR) is 169 cm³/mol. The molecule has 0 bridgehead atoms. The second-order valence-corrected chi connectivity index (χ2v) is 12.0. The molecule has 1 fully saturated rings. The summed E-state index contributed by atoms with van der Waals surface area (Å²) in [5.41, 5.74) is 6.81. The number of benzene rings is 2. The minimum atomic E-state index is 0.00375. The zero-order valence-corrected chi connectivity index (χ0v) is 25.6. The molecule has 4 heterocycles. The Labute approximate surface area is 260 Å². The van der Waals surface area contributed by atoms with Gasteiger partial charge in [-0.25, -0.2) is 9.61 Å². The number of ether oxygens (including phenoxy) is 1. The van der Waals surface area contributed by atoms with Crippen LogP contribution in [0.25, 0.3) is 28.3 Å². The molecule has 232 valence electrons. The van der Waals surface area contributed by atoms with E-state index in [2.05, 4.69) is 73.1 Å². The van der Waals surface area contributed by atoms with Crippen LogP contribution in [0.4, 0.5) is 0 Å². The summed E-state index contributed by atoms with van der Waals surface area (Å²) in [5, 5.41) is 23.1. The Morgan fingerprint density at radius 3 is 2.56 bits per heavy atom. The number of aromatic amines is 1. The second kappa shape index (κ2) is 12.7. The van der Waals surface area contributed by atoms with Gasteiger partial charge in [0.15, 0.2) is 11.9 Å². The molecular weight excluding hydrogens is 570 g/mol. The van der Waals surface area contributed by atoms with Crippen molar-refractivity contribution in [1.29, 1.82) is 0 Å². The number of nitrogens with one attached hydrogen (secondary N) is 1. The van der Waals surface area contributed by atoms with Crippen LogP contribution < -0.4 is 5.56 Å². The van der Waals surface area contributed by atoms with Gasteiger partial charge in [0.25, 0.3) is 5.56 Å². The van der Waals surface area contributed by atoms with Crippen LogP contribution >= 0.6 is 0 Å². The Bertz CT molecular complexity index is 1850. The van der Waals surface area contributed by atoms with Gasteiger partial charge in [-0.3, -0.25) is 9.36 Å². The molecule has 0 spiro atoms. The van der Waals surface area contributed by atoms with Crippen molar-refractivity contribution in [3.05, 3.63) is 82.0 Å². The highest BCUT2D eigenvalue weighted by atomic mass is 16.7. The summed E-state index contributed by atoms with van der Waals surface area (Å²) in [6, 6.07) is 16.4. The molecule has 2 aliphatic rings. The lowest BCUT2D eigenvalue weighted by Crippen LogP contribution is -2.35. The van der Waals surface area contributed by atoms with Gasteiger partial charge in [0.05, 0.1) is 24.1 Å². The average molecular weight is 608 g/mol. The normalized spacial score (nSPS) is 20.0. The fourth-order valence-corrected chi connectivity index (χ4v) is 6.67. The quantitative estimate of drug-likeness (QED) is 0.236. The Kier molecular flexibility index (Phi) is 8.21. The lowest BCUT2D eigenvalue weighted by Gasteiger charge is -2.31. The molecule has 5 aromatic rings. The van der Waals surface area contributed by atoms with E-state index in [1.54, 1.807) is 6.33 Å². The summed E-state index contributed by atoms with van der Waals surface area (Å²) in [6.45, 7) is 4.64. The predicted octanol–water partition coefficient (Wildman–Crippen LogP) is 4.95. The third kappa shape index (κ3) is 5.89. The molecule has 7 rings (SSSR count). The zero-order chi connectivity index (χ0) is 30.8. The van der Waals surface area contributed by atoms with Crippen molar-refractivity contribution in [2.45, 2.75) is 83.5 Å². The molecular formula is C33H37N9O3. The number of fused-ring (bicyclic) bond motifs is 1. The largest absolute Gasteiger partial charge is 0.390 e. The van der Waals surface area contributed by atoms with Gasteiger partial charge in [-0.1, -0.05) is 67.0 Å². The first-order valence-electron chi connectivity index (χ1n) is 15.8. The summed E-state index contributed by atoms with van der Waals surface area (Å²) in [7, 11) is 0. The first-order valence-corrected chi connectivity index (χ1v) is 15.8. The maximum atomic E-state index is 14.4. The van der Waals surface area contributed by atoms with Crippen molar-refractivity contribution in [3.8, 4) is 22.5 Å². The third-order valence-electron chi connectivity index (χ3n) is 8.89. The van der Waals surface area contributed by atoms with Crippen LogP contribution in [0.3, 0.4) is 0 Å². The fourth-order valence-electron chi connectivity index (χ4n) is 6.67. The summed E-state index contributed by atoms with van der Waals surface area (Å²) in [5.74, 6) is 1.24. The van der Waals surface area contributed by atoms with Crippen molar-refractivity contribution in [2.24, 2.45) is 5.16 Å². The van der Waals surface area contributed by atoms with Crippen molar-refractivity contribution in [3.63, 3.8) is 0 Å². The van der Waals surface area contributed by atoms with E-state index in [-0.39, 0.29) is 23.8 Å². The highest BCUT2D eigenvalue weighted by Crippen LogP contribution is 2.32. The van der Waals surface area contributed by atoms with Gasteiger partial charge in [0, 0.05) is 30.0 Å². The number of hydrogen-bond acceptors (Lipinski definition) is 9. The number of tetrazole rings is 1. The molecule has 12 heteroatoms. The van der Waals surface area contributed by atoms with E-state index < -0.39 is 0 Å². The van der Waals surface area contributed by atoms with Crippen molar-refractivity contribution in [2.75, 3.05) is 6.61 Å². The fraction of sp³-hybridized carbons (Fsp3) is 0.424. The monoisotopic (exact) mass is 607 g/mol. The maximum Gasteiger partial charge on any atom is 0.259 e. The van der Waals surface area contributed by atoms with Crippen LogP contribution in [0.5, 0.6) is 0 Å². The standard InChI is InChI=1S/C33H37N9O3/c1-3-6-30-29(18-22-9-11-23(12-10-22)27-7-4-5-8-28(27)31-36-39-40-37-31)32(43)41(33-34-20-35-42(30)33)24-13-15-25(16-14-24)44-19-26-17-21(2)38-45-26/h4-5,7-12,20,24-26H,3,6,13-19H2,1-2H3,(H,36,37,39,40). The molecule has 12 nitrogen and oxygen atoms in total. The van der Waals surface area contributed by atoms with Gasteiger partial charge in [-0.05, 0) is 66.1 Å². The van der Waals surface area contributed by atoms with E-state index in [1.165, 1.54) is 0 Å². The van der Waals surface area contributed by atoms with Crippen molar-refractivity contribution in [1.82, 2.24) is 39.8 Å². The van der Waals surface area contributed by atoms with Crippen LogP contribution in [-0.2, 0) is 22.4 Å². The number of aryl methyl sites for hydroxylation is 1. The number of rotatable bonds is 10. The molecule has 0 radical (unpaired) electrons. The molecule has 1 saturated carbocycles. The minimum absolute atomic E-state index is 0.00375. The van der Waals surface area contributed by atoms with Crippen LogP contribution in [0.15, 0.2) is 64.8 Å². The molecule has 0 saturated heterocycles. The van der Waals surface area contributed by atoms with Crippen molar-refractivity contribution < 1.29 is 9.57 Å². The Morgan fingerprint density at radius 1 is 1.04 bits per heavy atom. The molecule has 1 aliphatic heterocycles. The lowest BCUT2D eigenvalue weighted by atomic mass is 9.92. The smallest absolute Gasteiger partial charge is 0.259 e. The third-order valence-corrected chi connectivity index (χ3v) is 8.89. The molecule has 0 amide bonds. The molecule has 2 aromatic carbocycles. The molecule has 1 atom stereocenters. The molecule has 1 aliphatic carbocycles. The molecule has 3 aromatic heterocycles. The number of hydrogen-bond donors (Lipinski definition) is 1. The van der Waals surface area contributed by atoms with E-state index in [4.69, 9.17) is 9.57 Å².